The van der Waals surface area contributed by atoms with Crippen LogP contribution >= 0.6 is 0 Å². The van der Waals surface area contributed by atoms with Crippen molar-refractivity contribution in [2.45, 2.75) is 58.4 Å². The predicted molar refractivity (Wildman–Crippen MR) is 75.8 cm³/mol. The molecule has 0 spiro atoms. The minimum absolute atomic E-state index is 0.0777. The lowest BCUT2D eigenvalue weighted by Crippen LogP contribution is -2.40. The third kappa shape index (κ3) is 6.71. The van der Waals surface area contributed by atoms with Crippen LogP contribution < -0.4 is 10.5 Å². The number of hydrogen-bond acceptors (Lipinski definition) is 3. The van der Waals surface area contributed by atoms with Crippen molar-refractivity contribution in [1.82, 2.24) is 4.72 Å². The molecule has 1 atom stereocenters. The van der Waals surface area contributed by atoms with Crippen molar-refractivity contribution >= 4 is 10.0 Å². The Bertz CT molecular complexity index is 322. The Hall–Kier alpha value is -0.130. The molecule has 1 aliphatic rings. The van der Waals surface area contributed by atoms with Gasteiger partial charge in [-0.05, 0) is 31.1 Å². The normalized spacial score (nSPS) is 20.2. The van der Waals surface area contributed by atoms with Gasteiger partial charge in [-0.1, -0.05) is 33.1 Å². The number of hydrogen-bond donors (Lipinski definition) is 2. The maximum atomic E-state index is 11.9. The molecule has 1 rings (SSSR count). The van der Waals surface area contributed by atoms with Gasteiger partial charge >= 0.3 is 0 Å². The summed E-state index contributed by atoms with van der Waals surface area (Å²) in [5, 5.41) is 0. The van der Waals surface area contributed by atoms with Crippen molar-refractivity contribution in [2.75, 3.05) is 12.3 Å². The van der Waals surface area contributed by atoms with E-state index < -0.39 is 10.0 Å². The first kappa shape index (κ1) is 15.9. The van der Waals surface area contributed by atoms with Crippen LogP contribution in [0.15, 0.2) is 0 Å². The molecular formula is C13H28N2O2S. The molecule has 1 unspecified atom stereocenters. The van der Waals surface area contributed by atoms with E-state index in [1.807, 2.05) is 0 Å². The highest BCUT2D eigenvalue weighted by atomic mass is 32.2. The maximum Gasteiger partial charge on any atom is 0.211 e. The summed E-state index contributed by atoms with van der Waals surface area (Å²) in [5.74, 6) is 1.13. The zero-order valence-electron chi connectivity index (χ0n) is 11.7. The minimum Gasteiger partial charge on any atom is -0.327 e. The van der Waals surface area contributed by atoms with Gasteiger partial charge in [0.1, 0.15) is 0 Å². The molecule has 0 aromatic heterocycles. The summed E-state index contributed by atoms with van der Waals surface area (Å²) in [5.41, 5.74) is 5.89. The Morgan fingerprint density at radius 2 is 1.83 bits per heavy atom. The van der Waals surface area contributed by atoms with Gasteiger partial charge in [0.25, 0.3) is 0 Å². The van der Waals surface area contributed by atoms with Crippen molar-refractivity contribution in [2.24, 2.45) is 17.6 Å². The molecule has 1 fully saturated rings. The van der Waals surface area contributed by atoms with E-state index in [1.165, 1.54) is 19.3 Å². The SMILES string of the molecule is CC(C)CC(N)CNS(=O)(=O)CC1CCCCC1. The summed E-state index contributed by atoms with van der Waals surface area (Å²) >= 11 is 0. The molecule has 108 valence electrons. The fourth-order valence-corrected chi connectivity index (χ4v) is 4.19. The first-order valence-electron chi connectivity index (χ1n) is 7.12. The van der Waals surface area contributed by atoms with Crippen LogP contribution in [-0.4, -0.2) is 26.8 Å². The lowest BCUT2D eigenvalue weighted by molar-refractivity contribution is 0.383. The summed E-state index contributed by atoms with van der Waals surface area (Å²) in [6, 6.07) is -0.0777. The Morgan fingerprint density at radius 3 is 2.39 bits per heavy atom. The molecule has 0 aromatic rings. The van der Waals surface area contributed by atoms with Gasteiger partial charge in [-0.3, -0.25) is 0 Å². The predicted octanol–water partition coefficient (Wildman–Crippen LogP) is 1.86. The number of nitrogens with two attached hydrogens (primary N) is 1. The number of sulfonamides is 1. The first-order chi connectivity index (χ1) is 8.39. The molecule has 3 N–H and O–H groups in total. The fraction of sp³-hybridized carbons (Fsp3) is 1.00. The van der Waals surface area contributed by atoms with E-state index >= 15 is 0 Å². The average molecular weight is 276 g/mol. The summed E-state index contributed by atoms with van der Waals surface area (Å²) in [6.45, 7) is 4.56. The largest absolute Gasteiger partial charge is 0.327 e. The molecule has 4 nitrogen and oxygen atoms in total. The third-order valence-corrected chi connectivity index (χ3v) is 5.04. The molecule has 5 heteroatoms. The third-order valence-electron chi connectivity index (χ3n) is 3.52. The molecule has 0 radical (unpaired) electrons. The lowest BCUT2D eigenvalue weighted by atomic mass is 9.91. The van der Waals surface area contributed by atoms with E-state index in [0.717, 1.165) is 19.3 Å². The first-order valence-corrected chi connectivity index (χ1v) is 8.77. The van der Waals surface area contributed by atoms with E-state index in [2.05, 4.69) is 18.6 Å². The second-order valence-electron chi connectivity index (χ2n) is 6.02. The molecule has 0 bridgehead atoms. The number of nitrogens with one attached hydrogen (secondary N) is 1. The van der Waals surface area contributed by atoms with Crippen molar-refractivity contribution < 1.29 is 8.42 Å². The lowest BCUT2D eigenvalue weighted by Gasteiger charge is -2.22. The highest BCUT2D eigenvalue weighted by Crippen LogP contribution is 2.24. The molecular weight excluding hydrogens is 248 g/mol. The molecule has 1 saturated carbocycles. The zero-order chi connectivity index (χ0) is 13.6. The van der Waals surface area contributed by atoms with Crippen LogP contribution in [0.3, 0.4) is 0 Å². The van der Waals surface area contributed by atoms with Gasteiger partial charge in [0.2, 0.25) is 10.0 Å². The van der Waals surface area contributed by atoms with Gasteiger partial charge in [0, 0.05) is 12.6 Å². The molecule has 0 aliphatic heterocycles. The van der Waals surface area contributed by atoms with Crippen LogP contribution in [0.25, 0.3) is 0 Å². The van der Waals surface area contributed by atoms with Gasteiger partial charge in [-0.15, -0.1) is 0 Å². The summed E-state index contributed by atoms with van der Waals surface area (Å²) in [7, 11) is -3.14. The molecule has 0 aromatic carbocycles. The molecule has 18 heavy (non-hydrogen) atoms. The Morgan fingerprint density at radius 1 is 1.22 bits per heavy atom. The average Bonchev–Trinajstić information content (AvgIpc) is 2.26. The van der Waals surface area contributed by atoms with Gasteiger partial charge < -0.3 is 5.73 Å². The van der Waals surface area contributed by atoms with Crippen LogP contribution in [0.5, 0.6) is 0 Å². The van der Waals surface area contributed by atoms with E-state index in [-0.39, 0.29) is 11.8 Å². The van der Waals surface area contributed by atoms with E-state index in [1.54, 1.807) is 0 Å². The Labute approximate surface area is 112 Å². The van der Waals surface area contributed by atoms with Crippen molar-refractivity contribution in [3.8, 4) is 0 Å². The second-order valence-corrected chi connectivity index (χ2v) is 7.88. The monoisotopic (exact) mass is 276 g/mol. The van der Waals surface area contributed by atoms with Crippen LogP contribution in [0.2, 0.25) is 0 Å². The summed E-state index contributed by atoms with van der Waals surface area (Å²) in [6.07, 6.45) is 6.56. The number of rotatable bonds is 7. The van der Waals surface area contributed by atoms with Gasteiger partial charge in [-0.25, -0.2) is 13.1 Å². The zero-order valence-corrected chi connectivity index (χ0v) is 12.5. The molecule has 0 saturated heterocycles. The van der Waals surface area contributed by atoms with Crippen LogP contribution in [0.4, 0.5) is 0 Å². The maximum absolute atomic E-state index is 11.9. The van der Waals surface area contributed by atoms with Gasteiger partial charge in [0.05, 0.1) is 5.75 Å². The van der Waals surface area contributed by atoms with Crippen LogP contribution in [-0.2, 0) is 10.0 Å². The van der Waals surface area contributed by atoms with Gasteiger partial charge in [-0.2, -0.15) is 0 Å². The topological polar surface area (TPSA) is 72.2 Å². The van der Waals surface area contributed by atoms with Gasteiger partial charge in [0.15, 0.2) is 0 Å². The summed E-state index contributed by atoms with van der Waals surface area (Å²) in [4.78, 5) is 0. The summed E-state index contributed by atoms with van der Waals surface area (Å²) < 4.78 is 26.5. The Balaban J connectivity index is 2.30. The van der Waals surface area contributed by atoms with E-state index in [0.29, 0.717) is 18.4 Å². The second kappa shape index (κ2) is 7.46. The van der Waals surface area contributed by atoms with E-state index in [4.69, 9.17) is 5.73 Å². The smallest absolute Gasteiger partial charge is 0.211 e. The highest BCUT2D eigenvalue weighted by Gasteiger charge is 2.21. The molecule has 1 aliphatic carbocycles. The highest BCUT2D eigenvalue weighted by molar-refractivity contribution is 7.89. The van der Waals surface area contributed by atoms with Crippen molar-refractivity contribution in [3.05, 3.63) is 0 Å². The fourth-order valence-electron chi connectivity index (χ4n) is 2.65. The minimum atomic E-state index is -3.14. The Kier molecular flexibility index (Phi) is 6.60. The van der Waals surface area contributed by atoms with Crippen LogP contribution in [0.1, 0.15) is 52.4 Å². The quantitative estimate of drug-likeness (QED) is 0.745. The van der Waals surface area contributed by atoms with Crippen LogP contribution in [0, 0.1) is 11.8 Å². The van der Waals surface area contributed by atoms with Crippen molar-refractivity contribution in [1.29, 1.82) is 0 Å². The van der Waals surface area contributed by atoms with E-state index in [9.17, 15) is 8.42 Å². The molecule has 0 amide bonds. The standard InChI is InChI=1S/C13H28N2O2S/c1-11(2)8-13(14)9-15-18(16,17)10-12-6-4-3-5-7-12/h11-13,15H,3-10,14H2,1-2H3. The van der Waals surface area contributed by atoms with Crippen molar-refractivity contribution in [3.63, 3.8) is 0 Å². The molecule has 0 heterocycles.